The van der Waals surface area contributed by atoms with E-state index in [4.69, 9.17) is 0 Å². The molecule has 0 radical (unpaired) electrons. The van der Waals surface area contributed by atoms with Gasteiger partial charge in [0.2, 0.25) is 0 Å². The highest BCUT2D eigenvalue weighted by atomic mass is 14.9. The number of pyridine rings is 1. The van der Waals surface area contributed by atoms with Crippen LogP contribution in [0.5, 0.6) is 0 Å². The standard InChI is InChI=1S/C16H11N3/c1-2-6-14-11(4-1)8-12(9-17-14)13-5-3-7-15-16(13)19-10-18-15/h1-10H,(H,18,19). The van der Waals surface area contributed by atoms with Crippen LogP contribution in [-0.2, 0) is 0 Å². The van der Waals surface area contributed by atoms with Crippen molar-refractivity contribution in [3.8, 4) is 11.1 Å². The smallest absolute Gasteiger partial charge is 0.0961 e. The van der Waals surface area contributed by atoms with Gasteiger partial charge in [0.05, 0.1) is 22.9 Å². The molecule has 2 aromatic carbocycles. The lowest BCUT2D eigenvalue weighted by atomic mass is 10.0. The Hall–Kier alpha value is -2.68. The zero-order valence-electron chi connectivity index (χ0n) is 10.2. The molecule has 0 spiro atoms. The van der Waals surface area contributed by atoms with E-state index >= 15 is 0 Å². The predicted octanol–water partition coefficient (Wildman–Crippen LogP) is 3.78. The van der Waals surface area contributed by atoms with Gasteiger partial charge in [-0.05, 0) is 18.2 Å². The van der Waals surface area contributed by atoms with Crippen molar-refractivity contribution in [2.45, 2.75) is 0 Å². The first-order chi connectivity index (χ1) is 9.42. The first-order valence-electron chi connectivity index (χ1n) is 6.19. The molecule has 0 saturated heterocycles. The number of para-hydroxylation sites is 2. The van der Waals surface area contributed by atoms with Crippen molar-refractivity contribution < 1.29 is 0 Å². The molecule has 0 bridgehead atoms. The lowest BCUT2D eigenvalue weighted by molar-refractivity contribution is 1.34. The Balaban J connectivity index is 2.01. The van der Waals surface area contributed by atoms with Gasteiger partial charge in [0, 0.05) is 22.7 Å². The maximum absolute atomic E-state index is 4.51. The highest BCUT2D eigenvalue weighted by Gasteiger charge is 2.06. The Bertz CT molecular complexity index is 877. The number of nitrogens with zero attached hydrogens (tertiary/aromatic N) is 2. The molecule has 0 atom stereocenters. The topological polar surface area (TPSA) is 41.6 Å². The van der Waals surface area contributed by atoms with E-state index in [1.54, 1.807) is 6.33 Å². The van der Waals surface area contributed by atoms with E-state index in [1.807, 2.05) is 36.5 Å². The van der Waals surface area contributed by atoms with Crippen molar-refractivity contribution in [3.63, 3.8) is 0 Å². The molecule has 3 nitrogen and oxygen atoms in total. The second-order valence-electron chi connectivity index (χ2n) is 4.52. The van der Waals surface area contributed by atoms with Crippen LogP contribution in [0.2, 0.25) is 0 Å². The second kappa shape index (κ2) is 3.92. The van der Waals surface area contributed by atoms with E-state index < -0.39 is 0 Å². The molecule has 3 heteroatoms. The number of aromatic nitrogens is 3. The average Bonchev–Trinajstić information content (AvgIpc) is 2.95. The molecule has 0 aliphatic heterocycles. The molecule has 90 valence electrons. The minimum Gasteiger partial charge on any atom is -0.345 e. The SMILES string of the molecule is c1ccc2ncc(-c3cccc4[nH]cnc34)cc2c1. The van der Waals surface area contributed by atoms with Gasteiger partial charge in [0.15, 0.2) is 0 Å². The minimum absolute atomic E-state index is 0.986. The fourth-order valence-electron chi connectivity index (χ4n) is 2.42. The average molecular weight is 245 g/mol. The van der Waals surface area contributed by atoms with Crippen molar-refractivity contribution in [2.24, 2.45) is 0 Å². The Morgan fingerprint density at radius 3 is 2.84 bits per heavy atom. The van der Waals surface area contributed by atoms with Crippen molar-refractivity contribution in [1.82, 2.24) is 15.0 Å². The summed E-state index contributed by atoms with van der Waals surface area (Å²) in [6.07, 6.45) is 3.63. The van der Waals surface area contributed by atoms with Gasteiger partial charge >= 0.3 is 0 Å². The number of nitrogens with one attached hydrogen (secondary N) is 1. The summed E-state index contributed by atoms with van der Waals surface area (Å²) in [6.45, 7) is 0. The molecule has 4 rings (SSSR count). The van der Waals surface area contributed by atoms with E-state index in [1.165, 1.54) is 0 Å². The van der Waals surface area contributed by atoms with Crippen LogP contribution in [0.3, 0.4) is 0 Å². The number of fused-ring (bicyclic) bond motifs is 2. The summed E-state index contributed by atoms with van der Waals surface area (Å²) in [5.74, 6) is 0. The summed E-state index contributed by atoms with van der Waals surface area (Å²) in [7, 11) is 0. The lowest BCUT2D eigenvalue weighted by Crippen LogP contribution is -1.84. The molecule has 0 saturated carbocycles. The van der Waals surface area contributed by atoms with Crippen molar-refractivity contribution in [3.05, 3.63) is 61.1 Å². The summed E-state index contributed by atoms with van der Waals surface area (Å²) < 4.78 is 0. The number of benzene rings is 2. The summed E-state index contributed by atoms with van der Waals surface area (Å²) in [5, 5.41) is 1.15. The van der Waals surface area contributed by atoms with Gasteiger partial charge in [-0.15, -0.1) is 0 Å². The van der Waals surface area contributed by atoms with Crippen LogP contribution in [0, 0.1) is 0 Å². The number of H-pyrrole nitrogens is 1. The van der Waals surface area contributed by atoms with Crippen LogP contribution in [0.15, 0.2) is 61.1 Å². The van der Waals surface area contributed by atoms with Gasteiger partial charge in [0.25, 0.3) is 0 Å². The van der Waals surface area contributed by atoms with Crippen LogP contribution in [0.25, 0.3) is 33.1 Å². The van der Waals surface area contributed by atoms with Crippen molar-refractivity contribution >= 4 is 21.9 Å². The number of hydrogen-bond donors (Lipinski definition) is 1. The van der Waals surface area contributed by atoms with Gasteiger partial charge < -0.3 is 4.98 Å². The maximum atomic E-state index is 4.51. The highest BCUT2D eigenvalue weighted by Crippen LogP contribution is 2.27. The third kappa shape index (κ3) is 1.59. The molecule has 0 fully saturated rings. The molecule has 2 aromatic heterocycles. The number of aromatic amines is 1. The molecule has 1 N–H and O–H groups in total. The van der Waals surface area contributed by atoms with E-state index in [-0.39, 0.29) is 0 Å². The van der Waals surface area contributed by atoms with Crippen molar-refractivity contribution in [1.29, 1.82) is 0 Å². The third-order valence-electron chi connectivity index (χ3n) is 3.35. The zero-order valence-corrected chi connectivity index (χ0v) is 10.2. The molecule has 2 heterocycles. The van der Waals surface area contributed by atoms with E-state index in [0.29, 0.717) is 0 Å². The van der Waals surface area contributed by atoms with E-state index in [2.05, 4.69) is 33.2 Å². The second-order valence-corrected chi connectivity index (χ2v) is 4.52. The largest absolute Gasteiger partial charge is 0.345 e. The fraction of sp³-hybridized carbons (Fsp3) is 0. The maximum Gasteiger partial charge on any atom is 0.0961 e. The number of imidazole rings is 1. The van der Waals surface area contributed by atoms with E-state index in [0.717, 1.165) is 33.1 Å². The van der Waals surface area contributed by atoms with Crippen LogP contribution in [0.4, 0.5) is 0 Å². The Morgan fingerprint density at radius 1 is 0.895 bits per heavy atom. The molecule has 19 heavy (non-hydrogen) atoms. The van der Waals surface area contributed by atoms with Crippen molar-refractivity contribution in [2.75, 3.05) is 0 Å². The first kappa shape index (κ1) is 10.3. The quantitative estimate of drug-likeness (QED) is 0.554. The lowest BCUT2D eigenvalue weighted by Gasteiger charge is -2.04. The Morgan fingerprint density at radius 2 is 1.84 bits per heavy atom. The number of hydrogen-bond acceptors (Lipinski definition) is 2. The van der Waals surface area contributed by atoms with E-state index in [9.17, 15) is 0 Å². The molecule has 0 amide bonds. The normalized spacial score (nSPS) is 11.2. The Kier molecular flexibility index (Phi) is 2.12. The van der Waals surface area contributed by atoms with Crippen LogP contribution in [-0.4, -0.2) is 15.0 Å². The van der Waals surface area contributed by atoms with Gasteiger partial charge in [-0.1, -0.05) is 30.3 Å². The van der Waals surface area contributed by atoms with Crippen LogP contribution in [0.1, 0.15) is 0 Å². The summed E-state index contributed by atoms with van der Waals surface area (Å²) in [4.78, 5) is 12.0. The van der Waals surface area contributed by atoms with Gasteiger partial charge in [-0.3, -0.25) is 4.98 Å². The zero-order chi connectivity index (χ0) is 12.7. The third-order valence-corrected chi connectivity index (χ3v) is 3.35. The monoisotopic (exact) mass is 245 g/mol. The molecular weight excluding hydrogens is 234 g/mol. The van der Waals surface area contributed by atoms with Gasteiger partial charge in [-0.2, -0.15) is 0 Å². The predicted molar refractivity (Wildman–Crippen MR) is 76.8 cm³/mol. The number of rotatable bonds is 1. The summed E-state index contributed by atoms with van der Waals surface area (Å²) >= 11 is 0. The van der Waals surface area contributed by atoms with Gasteiger partial charge in [-0.25, -0.2) is 4.98 Å². The van der Waals surface area contributed by atoms with Gasteiger partial charge in [0.1, 0.15) is 0 Å². The summed E-state index contributed by atoms with van der Waals surface area (Å²) in [6, 6.07) is 16.4. The molecule has 4 aromatic rings. The molecule has 0 aliphatic carbocycles. The molecular formula is C16H11N3. The Labute approximate surface area is 110 Å². The minimum atomic E-state index is 0.986. The molecule has 0 unspecified atom stereocenters. The fourth-order valence-corrected chi connectivity index (χ4v) is 2.42. The molecule has 0 aliphatic rings. The van der Waals surface area contributed by atoms with Crippen LogP contribution < -0.4 is 0 Å². The first-order valence-corrected chi connectivity index (χ1v) is 6.19. The van der Waals surface area contributed by atoms with Crippen LogP contribution >= 0.6 is 0 Å². The summed E-state index contributed by atoms with van der Waals surface area (Å²) in [5.41, 5.74) is 5.25. The highest BCUT2D eigenvalue weighted by molar-refractivity contribution is 5.94.